The zero-order chi connectivity index (χ0) is 20.9. The monoisotopic (exact) mass is 410 g/mol. The highest BCUT2D eigenvalue weighted by atomic mass is 19.1. The molecule has 1 aromatic heterocycles. The third-order valence-electron chi connectivity index (χ3n) is 5.21. The van der Waals surface area contributed by atoms with Gasteiger partial charge in [-0.2, -0.15) is 0 Å². The Bertz CT molecular complexity index is 1130. The van der Waals surface area contributed by atoms with Gasteiger partial charge in [0.05, 0.1) is 16.5 Å². The van der Waals surface area contributed by atoms with Crippen LogP contribution in [0.1, 0.15) is 41.9 Å². The molecule has 0 bridgehead atoms. The SMILES string of the molecule is O=C(OCCOc1ccccc1F)c1ccc2c(=O)n3c(nc2c1)CCCCCC3. The number of fused-ring (bicyclic) bond motifs is 2. The molecule has 0 saturated carbocycles. The number of benzene rings is 2. The minimum absolute atomic E-state index is 0.0223. The topological polar surface area (TPSA) is 70.4 Å². The van der Waals surface area contributed by atoms with Crippen molar-refractivity contribution in [2.45, 2.75) is 38.6 Å². The molecule has 30 heavy (non-hydrogen) atoms. The van der Waals surface area contributed by atoms with Crippen LogP contribution in [0.4, 0.5) is 4.39 Å². The van der Waals surface area contributed by atoms with Crippen molar-refractivity contribution in [3.63, 3.8) is 0 Å². The molecule has 7 heteroatoms. The van der Waals surface area contributed by atoms with Crippen LogP contribution in [-0.4, -0.2) is 28.7 Å². The Morgan fingerprint density at radius 1 is 1.07 bits per heavy atom. The van der Waals surface area contributed by atoms with Gasteiger partial charge in [-0.15, -0.1) is 0 Å². The first kappa shape index (κ1) is 20.1. The summed E-state index contributed by atoms with van der Waals surface area (Å²) < 4.78 is 25.8. The van der Waals surface area contributed by atoms with Crippen molar-refractivity contribution in [1.82, 2.24) is 9.55 Å². The van der Waals surface area contributed by atoms with Crippen LogP contribution in [0.15, 0.2) is 47.3 Å². The van der Waals surface area contributed by atoms with Crippen LogP contribution in [0.5, 0.6) is 5.75 Å². The lowest BCUT2D eigenvalue weighted by Gasteiger charge is -2.16. The van der Waals surface area contributed by atoms with Gasteiger partial charge in [-0.05, 0) is 43.2 Å². The average Bonchev–Trinajstić information content (AvgIpc) is 2.73. The van der Waals surface area contributed by atoms with Gasteiger partial charge in [0.15, 0.2) is 11.6 Å². The van der Waals surface area contributed by atoms with Crippen LogP contribution in [0.2, 0.25) is 0 Å². The molecule has 0 unspecified atom stereocenters. The zero-order valence-corrected chi connectivity index (χ0v) is 16.6. The number of esters is 1. The summed E-state index contributed by atoms with van der Waals surface area (Å²) in [5.41, 5.74) is 0.759. The number of nitrogens with zero attached hydrogens (tertiary/aromatic N) is 2. The van der Waals surface area contributed by atoms with Gasteiger partial charge in [-0.1, -0.05) is 25.0 Å². The van der Waals surface area contributed by atoms with E-state index in [1.165, 1.54) is 12.1 Å². The van der Waals surface area contributed by atoms with Crippen molar-refractivity contribution in [3.8, 4) is 5.75 Å². The number of rotatable bonds is 5. The number of aryl methyl sites for hydroxylation is 1. The quantitative estimate of drug-likeness (QED) is 0.471. The number of para-hydroxylation sites is 1. The molecule has 156 valence electrons. The molecular formula is C23H23FN2O4. The summed E-state index contributed by atoms with van der Waals surface area (Å²) >= 11 is 0. The molecule has 1 aliphatic rings. The van der Waals surface area contributed by atoms with Crippen LogP contribution < -0.4 is 10.3 Å². The van der Waals surface area contributed by atoms with E-state index in [1.807, 2.05) is 0 Å². The van der Waals surface area contributed by atoms with E-state index in [0.29, 0.717) is 23.0 Å². The van der Waals surface area contributed by atoms with Gasteiger partial charge in [-0.25, -0.2) is 14.2 Å². The Labute approximate surface area is 173 Å². The second-order valence-electron chi connectivity index (χ2n) is 7.30. The van der Waals surface area contributed by atoms with Gasteiger partial charge in [0.25, 0.3) is 5.56 Å². The van der Waals surface area contributed by atoms with Gasteiger partial charge in [0, 0.05) is 13.0 Å². The predicted octanol–water partition coefficient (Wildman–Crippen LogP) is 3.89. The number of carbonyl (C=O) groups excluding carboxylic acids is 1. The van der Waals surface area contributed by atoms with E-state index >= 15 is 0 Å². The standard InChI is InChI=1S/C23H23FN2O4/c24-18-7-4-5-8-20(18)29-13-14-30-23(28)16-10-11-17-19(15-16)25-21-9-3-1-2-6-12-26(21)22(17)27/h4-5,7-8,10-11,15H,1-3,6,9,12-14H2. The van der Waals surface area contributed by atoms with E-state index in [0.717, 1.165) is 37.9 Å². The summed E-state index contributed by atoms with van der Waals surface area (Å²) in [7, 11) is 0. The molecule has 0 atom stereocenters. The number of halogens is 1. The van der Waals surface area contributed by atoms with E-state index in [1.54, 1.807) is 34.9 Å². The molecule has 6 nitrogen and oxygen atoms in total. The summed E-state index contributed by atoms with van der Waals surface area (Å²) in [5.74, 6) is -0.121. The van der Waals surface area contributed by atoms with Gasteiger partial charge in [-0.3, -0.25) is 9.36 Å². The summed E-state index contributed by atoms with van der Waals surface area (Å²) in [4.78, 5) is 29.9. The molecule has 2 aromatic carbocycles. The van der Waals surface area contributed by atoms with Crippen molar-refractivity contribution in [2.75, 3.05) is 13.2 Å². The predicted molar refractivity (Wildman–Crippen MR) is 110 cm³/mol. The Morgan fingerprint density at radius 3 is 2.77 bits per heavy atom. The molecule has 0 amide bonds. The lowest BCUT2D eigenvalue weighted by Crippen LogP contribution is -2.26. The van der Waals surface area contributed by atoms with Crippen molar-refractivity contribution in [1.29, 1.82) is 0 Å². The van der Waals surface area contributed by atoms with Gasteiger partial charge in [0.2, 0.25) is 0 Å². The van der Waals surface area contributed by atoms with Crippen molar-refractivity contribution in [3.05, 3.63) is 70.0 Å². The molecule has 0 saturated heterocycles. The van der Waals surface area contributed by atoms with Crippen LogP contribution in [0.25, 0.3) is 10.9 Å². The molecule has 3 aromatic rings. The third-order valence-corrected chi connectivity index (χ3v) is 5.21. The summed E-state index contributed by atoms with van der Waals surface area (Å²) in [6, 6.07) is 10.8. The van der Waals surface area contributed by atoms with Crippen molar-refractivity contribution < 1.29 is 18.7 Å². The molecule has 0 N–H and O–H groups in total. The molecule has 0 aliphatic carbocycles. The minimum atomic E-state index is -0.539. The van der Waals surface area contributed by atoms with Crippen LogP contribution >= 0.6 is 0 Å². The number of hydrogen-bond donors (Lipinski definition) is 0. The fraction of sp³-hybridized carbons (Fsp3) is 0.348. The molecule has 0 fully saturated rings. The van der Waals surface area contributed by atoms with Gasteiger partial charge in [0.1, 0.15) is 19.0 Å². The average molecular weight is 410 g/mol. The Balaban J connectivity index is 1.46. The first-order chi connectivity index (χ1) is 14.6. The second-order valence-corrected chi connectivity index (χ2v) is 7.30. The first-order valence-electron chi connectivity index (χ1n) is 10.2. The Morgan fingerprint density at radius 2 is 1.90 bits per heavy atom. The smallest absolute Gasteiger partial charge is 0.338 e. The molecule has 1 aliphatic heterocycles. The van der Waals surface area contributed by atoms with E-state index < -0.39 is 11.8 Å². The van der Waals surface area contributed by atoms with Crippen LogP contribution in [0, 0.1) is 5.82 Å². The Kier molecular flexibility index (Phi) is 6.07. The largest absolute Gasteiger partial charge is 0.487 e. The maximum absolute atomic E-state index is 13.5. The molecule has 4 rings (SSSR count). The van der Waals surface area contributed by atoms with Crippen molar-refractivity contribution in [2.24, 2.45) is 0 Å². The normalized spacial score (nSPS) is 13.9. The maximum atomic E-state index is 13.5. The molecule has 0 radical (unpaired) electrons. The second kappa shape index (κ2) is 9.07. The highest BCUT2D eigenvalue weighted by Crippen LogP contribution is 2.17. The van der Waals surface area contributed by atoms with E-state index in [2.05, 4.69) is 4.98 Å². The lowest BCUT2D eigenvalue weighted by molar-refractivity contribution is 0.0448. The lowest BCUT2D eigenvalue weighted by atomic mass is 10.1. The van der Waals surface area contributed by atoms with E-state index in [4.69, 9.17) is 9.47 Å². The third kappa shape index (κ3) is 4.35. The molecule has 2 heterocycles. The minimum Gasteiger partial charge on any atom is -0.487 e. The Hall–Kier alpha value is -3.22. The van der Waals surface area contributed by atoms with Gasteiger partial charge >= 0.3 is 5.97 Å². The van der Waals surface area contributed by atoms with E-state index in [-0.39, 0.29) is 24.5 Å². The van der Waals surface area contributed by atoms with Crippen LogP contribution in [0.3, 0.4) is 0 Å². The fourth-order valence-electron chi connectivity index (χ4n) is 3.65. The zero-order valence-electron chi connectivity index (χ0n) is 16.6. The highest BCUT2D eigenvalue weighted by molar-refractivity contribution is 5.94. The first-order valence-corrected chi connectivity index (χ1v) is 10.2. The van der Waals surface area contributed by atoms with Gasteiger partial charge < -0.3 is 9.47 Å². The number of aromatic nitrogens is 2. The molecule has 0 spiro atoms. The van der Waals surface area contributed by atoms with Crippen molar-refractivity contribution >= 4 is 16.9 Å². The highest BCUT2D eigenvalue weighted by Gasteiger charge is 2.15. The number of carbonyl (C=O) groups is 1. The van der Waals surface area contributed by atoms with E-state index in [9.17, 15) is 14.0 Å². The maximum Gasteiger partial charge on any atom is 0.338 e. The molecular weight excluding hydrogens is 387 g/mol. The fourth-order valence-corrected chi connectivity index (χ4v) is 3.65. The summed E-state index contributed by atoms with van der Waals surface area (Å²) in [6.45, 7) is 0.696. The number of ether oxygens (including phenoxy) is 2. The summed E-state index contributed by atoms with van der Waals surface area (Å²) in [5, 5.41) is 0.499. The number of hydrogen-bond acceptors (Lipinski definition) is 5. The van der Waals surface area contributed by atoms with Crippen LogP contribution in [-0.2, 0) is 17.7 Å². The summed E-state index contributed by atoms with van der Waals surface area (Å²) in [6.07, 6.45) is 4.99.